The molecule has 1 aromatic rings. The monoisotopic (exact) mass is 274 g/mol. The first-order chi connectivity index (χ1) is 9.56. The SMILES string of the molecule is C=CC1OC2(OCc3ccccc32)[C@@H]2OC(C)(C)O[C@H]12. The van der Waals surface area contributed by atoms with Crippen molar-refractivity contribution in [3.63, 3.8) is 0 Å². The van der Waals surface area contributed by atoms with Gasteiger partial charge in [0.25, 0.3) is 0 Å². The molecule has 4 nitrogen and oxygen atoms in total. The third-order valence-electron chi connectivity index (χ3n) is 4.21. The number of rotatable bonds is 1. The van der Waals surface area contributed by atoms with Gasteiger partial charge in [0.1, 0.15) is 18.3 Å². The van der Waals surface area contributed by atoms with Gasteiger partial charge in [0, 0.05) is 5.56 Å². The number of benzene rings is 1. The van der Waals surface area contributed by atoms with E-state index >= 15 is 0 Å². The summed E-state index contributed by atoms with van der Waals surface area (Å²) in [7, 11) is 0. The number of ether oxygens (including phenoxy) is 4. The second-order valence-electron chi connectivity index (χ2n) is 5.95. The molecule has 2 unspecified atom stereocenters. The minimum Gasteiger partial charge on any atom is -0.341 e. The van der Waals surface area contributed by atoms with E-state index in [-0.39, 0.29) is 18.3 Å². The zero-order valence-corrected chi connectivity index (χ0v) is 11.7. The van der Waals surface area contributed by atoms with Crippen molar-refractivity contribution in [2.24, 2.45) is 0 Å². The molecule has 106 valence electrons. The van der Waals surface area contributed by atoms with Gasteiger partial charge >= 0.3 is 0 Å². The molecule has 4 atom stereocenters. The van der Waals surface area contributed by atoms with E-state index in [0.29, 0.717) is 6.61 Å². The molecular weight excluding hydrogens is 256 g/mol. The summed E-state index contributed by atoms with van der Waals surface area (Å²) < 4.78 is 24.3. The Labute approximate surface area is 118 Å². The molecule has 0 N–H and O–H groups in total. The predicted molar refractivity (Wildman–Crippen MR) is 71.8 cm³/mol. The average Bonchev–Trinajstić information content (AvgIpc) is 3.03. The molecular formula is C16H18O4. The molecule has 0 bridgehead atoms. The van der Waals surface area contributed by atoms with E-state index in [1.807, 2.05) is 32.0 Å². The molecule has 0 aromatic heterocycles. The van der Waals surface area contributed by atoms with Crippen LogP contribution in [0.1, 0.15) is 25.0 Å². The van der Waals surface area contributed by atoms with Crippen LogP contribution < -0.4 is 0 Å². The van der Waals surface area contributed by atoms with Gasteiger partial charge in [-0.05, 0) is 19.4 Å². The fourth-order valence-electron chi connectivity index (χ4n) is 3.42. The summed E-state index contributed by atoms with van der Waals surface area (Å²) in [5, 5.41) is 0. The Hall–Kier alpha value is -1.20. The van der Waals surface area contributed by atoms with E-state index in [1.165, 1.54) is 0 Å². The Kier molecular flexibility index (Phi) is 2.46. The fraction of sp³-hybridized carbons (Fsp3) is 0.500. The molecule has 4 heteroatoms. The summed E-state index contributed by atoms with van der Waals surface area (Å²) in [6.07, 6.45) is 1.08. The van der Waals surface area contributed by atoms with Crippen LogP contribution in [0.2, 0.25) is 0 Å². The van der Waals surface area contributed by atoms with Gasteiger partial charge < -0.3 is 18.9 Å². The first-order valence-electron chi connectivity index (χ1n) is 6.94. The maximum atomic E-state index is 6.16. The maximum absolute atomic E-state index is 6.16. The van der Waals surface area contributed by atoms with Crippen molar-refractivity contribution in [1.29, 1.82) is 0 Å². The van der Waals surface area contributed by atoms with Crippen LogP contribution in [-0.4, -0.2) is 24.1 Å². The summed E-state index contributed by atoms with van der Waals surface area (Å²) in [5.74, 6) is -1.50. The molecule has 2 saturated heterocycles. The lowest BCUT2D eigenvalue weighted by Gasteiger charge is -2.30. The zero-order chi connectivity index (χ0) is 14.0. The van der Waals surface area contributed by atoms with E-state index in [4.69, 9.17) is 18.9 Å². The third-order valence-corrected chi connectivity index (χ3v) is 4.21. The highest BCUT2D eigenvalue weighted by molar-refractivity contribution is 5.37. The van der Waals surface area contributed by atoms with Gasteiger partial charge in [0.05, 0.1) is 6.61 Å². The fourth-order valence-corrected chi connectivity index (χ4v) is 3.42. The topological polar surface area (TPSA) is 36.9 Å². The van der Waals surface area contributed by atoms with Gasteiger partial charge in [-0.2, -0.15) is 0 Å². The van der Waals surface area contributed by atoms with Crippen molar-refractivity contribution in [2.75, 3.05) is 0 Å². The smallest absolute Gasteiger partial charge is 0.226 e. The molecule has 3 heterocycles. The molecule has 4 rings (SSSR count). The molecule has 0 aliphatic carbocycles. The number of hydrogen-bond acceptors (Lipinski definition) is 4. The molecule has 3 aliphatic heterocycles. The van der Waals surface area contributed by atoms with Gasteiger partial charge in [-0.3, -0.25) is 0 Å². The minimum atomic E-state index is -0.867. The van der Waals surface area contributed by atoms with E-state index in [1.54, 1.807) is 6.08 Å². The first-order valence-corrected chi connectivity index (χ1v) is 6.94. The van der Waals surface area contributed by atoms with Gasteiger partial charge in [-0.25, -0.2) is 0 Å². The van der Waals surface area contributed by atoms with Crippen molar-refractivity contribution in [3.8, 4) is 0 Å². The quantitative estimate of drug-likeness (QED) is 0.737. The average molecular weight is 274 g/mol. The largest absolute Gasteiger partial charge is 0.341 e. The molecule has 0 saturated carbocycles. The van der Waals surface area contributed by atoms with Gasteiger partial charge in [-0.15, -0.1) is 6.58 Å². The molecule has 0 amide bonds. The van der Waals surface area contributed by atoms with Crippen LogP contribution in [0.15, 0.2) is 36.9 Å². The highest BCUT2D eigenvalue weighted by Crippen LogP contribution is 2.53. The summed E-state index contributed by atoms with van der Waals surface area (Å²) in [4.78, 5) is 0. The molecule has 20 heavy (non-hydrogen) atoms. The van der Waals surface area contributed by atoms with E-state index in [2.05, 4.69) is 12.6 Å². The van der Waals surface area contributed by atoms with Crippen LogP contribution in [0.4, 0.5) is 0 Å². The highest BCUT2D eigenvalue weighted by atomic mass is 16.8. The summed E-state index contributed by atoms with van der Waals surface area (Å²) in [5.41, 5.74) is 2.19. The molecule has 3 aliphatic rings. The van der Waals surface area contributed by atoms with Gasteiger partial charge in [-0.1, -0.05) is 30.3 Å². The Morgan fingerprint density at radius 3 is 2.80 bits per heavy atom. The Morgan fingerprint density at radius 2 is 2.00 bits per heavy atom. The second-order valence-corrected chi connectivity index (χ2v) is 5.95. The molecule has 0 radical (unpaired) electrons. The van der Waals surface area contributed by atoms with E-state index in [9.17, 15) is 0 Å². The van der Waals surface area contributed by atoms with E-state index in [0.717, 1.165) is 11.1 Å². The standard InChI is InChI=1S/C16H18O4/c1-4-12-13-14(20-15(2,3)19-13)16(18-12)11-8-6-5-7-10(11)9-17-16/h4-8,12-14H,1,9H2,2-3H3/t12?,13-,14-,16?/m1/s1. The molecule has 1 spiro atoms. The first kappa shape index (κ1) is 12.5. The van der Waals surface area contributed by atoms with Crippen LogP contribution in [-0.2, 0) is 31.3 Å². The minimum absolute atomic E-state index is 0.186. The van der Waals surface area contributed by atoms with Crippen molar-refractivity contribution in [2.45, 2.75) is 50.3 Å². The van der Waals surface area contributed by atoms with Crippen LogP contribution in [0.25, 0.3) is 0 Å². The summed E-state index contributed by atoms with van der Waals surface area (Å²) in [6, 6.07) is 8.11. The lowest BCUT2D eigenvalue weighted by molar-refractivity contribution is -0.290. The van der Waals surface area contributed by atoms with Crippen molar-refractivity contribution in [3.05, 3.63) is 48.0 Å². The van der Waals surface area contributed by atoms with Crippen LogP contribution in [0, 0.1) is 0 Å². The predicted octanol–water partition coefficient (Wildman–Crippen LogP) is 2.47. The normalized spacial score (nSPS) is 40.8. The van der Waals surface area contributed by atoms with Crippen molar-refractivity contribution in [1.82, 2.24) is 0 Å². The zero-order valence-electron chi connectivity index (χ0n) is 11.7. The summed E-state index contributed by atoms with van der Waals surface area (Å²) in [6.45, 7) is 8.21. The maximum Gasteiger partial charge on any atom is 0.226 e. The van der Waals surface area contributed by atoms with E-state index < -0.39 is 11.6 Å². The Balaban J connectivity index is 1.82. The van der Waals surface area contributed by atoms with Crippen LogP contribution in [0.3, 0.4) is 0 Å². The molecule has 2 fully saturated rings. The second kappa shape index (κ2) is 3.92. The number of hydrogen-bond donors (Lipinski definition) is 0. The highest BCUT2D eigenvalue weighted by Gasteiger charge is 2.65. The number of fused-ring (bicyclic) bond motifs is 4. The Morgan fingerprint density at radius 1 is 1.20 bits per heavy atom. The van der Waals surface area contributed by atoms with Crippen LogP contribution in [0.5, 0.6) is 0 Å². The lowest BCUT2D eigenvalue weighted by atomic mass is 9.96. The van der Waals surface area contributed by atoms with Crippen molar-refractivity contribution >= 4 is 0 Å². The van der Waals surface area contributed by atoms with Crippen molar-refractivity contribution < 1.29 is 18.9 Å². The van der Waals surface area contributed by atoms with Crippen LogP contribution >= 0.6 is 0 Å². The lowest BCUT2D eigenvalue weighted by Crippen LogP contribution is -2.40. The molecule has 1 aromatic carbocycles. The summed E-state index contributed by atoms with van der Waals surface area (Å²) >= 11 is 0. The van der Waals surface area contributed by atoms with Gasteiger partial charge in [0.2, 0.25) is 5.79 Å². The van der Waals surface area contributed by atoms with Gasteiger partial charge in [0.15, 0.2) is 5.79 Å². The Bertz CT molecular complexity index is 567. The third kappa shape index (κ3) is 1.50.